The molecule has 2 N–H and O–H groups in total. The topological polar surface area (TPSA) is 87.6 Å². The van der Waals surface area contributed by atoms with Crippen molar-refractivity contribution in [3.63, 3.8) is 0 Å². The second-order valence-corrected chi connectivity index (χ2v) is 6.51. The van der Waals surface area contributed by atoms with Crippen LogP contribution >= 0.6 is 0 Å². The fourth-order valence-corrected chi connectivity index (χ4v) is 3.79. The zero-order valence-electron chi connectivity index (χ0n) is 13.5. The van der Waals surface area contributed by atoms with E-state index < -0.39 is 11.4 Å². The number of carboxylic acid groups (broad SMARTS) is 1. The number of hydrogen-bond donors (Lipinski definition) is 2. The second-order valence-electron chi connectivity index (χ2n) is 6.51. The van der Waals surface area contributed by atoms with Crippen molar-refractivity contribution in [1.29, 1.82) is 0 Å². The van der Waals surface area contributed by atoms with Crippen LogP contribution in [-0.2, 0) is 22.7 Å². The Labute approximate surface area is 136 Å². The van der Waals surface area contributed by atoms with Crippen LogP contribution < -0.4 is 5.32 Å². The first-order chi connectivity index (χ1) is 11.1. The van der Waals surface area contributed by atoms with Gasteiger partial charge in [-0.25, -0.2) is 9.97 Å². The van der Waals surface area contributed by atoms with Gasteiger partial charge in [0.1, 0.15) is 6.61 Å². The molecule has 0 unspecified atom stereocenters. The molecule has 3 rings (SSSR count). The Balaban J connectivity index is 1.68. The summed E-state index contributed by atoms with van der Waals surface area (Å²) in [5.74, 6) is -0.0143. The Morgan fingerprint density at radius 1 is 1.52 bits per heavy atom. The van der Waals surface area contributed by atoms with E-state index in [1.54, 1.807) is 19.5 Å². The summed E-state index contributed by atoms with van der Waals surface area (Å²) in [5, 5.41) is 13.2. The summed E-state index contributed by atoms with van der Waals surface area (Å²) in [4.78, 5) is 22.7. The largest absolute Gasteiger partial charge is 0.481 e. The van der Waals surface area contributed by atoms with E-state index in [0.717, 1.165) is 37.9 Å². The maximum absolute atomic E-state index is 11.9. The number of carbonyl (C=O) groups is 1. The molecule has 0 amide bonds. The number of fused-ring (bicyclic) bond motifs is 1. The smallest absolute Gasteiger partial charge is 0.312 e. The van der Waals surface area contributed by atoms with E-state index in [0.29, 0.717) is 25.5 Å². The molecular formula is C16H24N4O3. The van der Waals surface area contributed by atoms with Crippen LogP contribution in [0.1, 0.15) is 30.7 Å². The van der Waals surface area contributed by atoms with Crippen LogP contribution in [0.25, 0.3) is 0 Å². The summed E-state index contributed by atoms with van der Waals surface area (Å²) in [7, 11) is 1.62. The number of hydrogen-bond acceptors (Lipinski definition) is 6. The van der Waals surface area contributed by atoms with Crippen LogP contribution in [0.4, 0.5) is 0 Å². The summed E-state index contributed by atoms with van der Waals surface area (Å²) in [5.41, 5.74) is 0.348. The van der Waals surface area contributed by atoms with Crippen LogP contribution in [0.5, 0.6) is 0 Å². The van der Waals surface area contributed by atoms with Gasteiger partial charge < -0.3 is 15.2 Å². The van der Waals surface area contributed by atoms with Gasteiger partial charge in [-0.3, -0.25) is 9.69 Å². The van der Waals surface area contributed by atoms with Gasteiger partial charge in [-0.15, -0.1) is 0 Å². The molecule has 126 valence electrons. The van der Waals surface area contributed by atoms with Crippen molar-refractivity contribution in [1.82, 2.24) is 20.2 Å². The van der Waals surface area contributed by atoms with Crippen LogP contribution in [0.15, 0.2) is 12.4 Å². The van der Waals surface area contributed by atoms with Gasteiger partial charge in [0.05, 0.1) is 5.41 Å². The summed E-state index contributed by atoms with van der Waals surface area (Å²) in [6, 6.07) is 0.0883. The molecule has 3 heterocycles. The zero-order chi connectivity index (χ0) is 16.3. The molecule has 1 aromatic heterocycles. The minimum absolute atomic E-state index is 0.0883. The predicted molar refractivity (Wildman–Crippen MR) is 83.7 cm³/mol. The molecule has 2 aliphatic heterocycles. The number of nitrogens with one attached hydrogen (secondary N) is 1. The maximum atomic E-state index is 11.9. The summed E-state index contributed by atoms with van der Waals surface area (Å²) in [6.07, 6.45) is 6.15. The first kappa shape index (κ1) is 16.3. The van der Waals surface area contributed by atoms with Crippen molar-refractivity contribution in [2.45, 2.75) is 38.5 Å². The molecule has 2 aliphatic rings. The molecule has 0 spiro atoms. The first-order valence-corrected chi connectivity index (χ1v) is 8.12. The number of aliphatic carboxylic acids is 1. The molecule has 1 aromatic rings. The molecule has 0 radical (unpaired) electrons. The van der Waals surface area contributed by atoms with Crippen molar-refractivity contribution in [3.8, 4) is 0 Å². The van der Waals surface area contributed by atoms with Crippen molar-refractivity contribution in [2.24, 2.45) is 5.41 Å². The second kappa shape index (κ2) is 6.90. The Bertz CT molecular complexity index is 551. The number of aromatic nitrogens is 2. The number of piperidine rings is 2. The molecule has 23 heavy (non-hydrogen) atoms. The Morgan fingerprint density at radius 2 is 2.30 bits per heavy atom. The highest BCUT2D eigenvalue weighted by molar-refractivity contribution is 5.76. The molecule has 0 saturated carbocycles. The molecule has 2 atom stereocenters. The summed E-state index contributed by atoms with van der Waals surface area (Å²) in [6.45, 7) is 3.50. The normalized spacial score (nSPS) is 28.3. The fraction of sp³-hybridized carbons (Fsp3) is 0.688. The number of carboxylic acids is 1. The van der Waals surface area contributed by atoms with Gasteiger partial charge in [-0.1, -0.05) is 0 Å². The van der Waals surface area contributed by atoms with Crippen molar-refractivity contribution in [2.75, 3.05) is 26.7 Å². The minimum atomic E-state index is -0.675. The lowest BCUT2D eigenvalue weighted by molar-refractivity contribution is -0.157. The van der Waals surface area contributed by atoms with Gasteiger partial charge >= 0.3 is 5.97 Å². The molecule has 0 aliphatic carbocycles. The van der Waals surface area contributed by atoms with Gasteiger partial charge in [-0.2, -0.15) is 0 Å². The zero-order valence-corrected chi connectivity index (χ0v) is 13.5. The van der Waals surface area contributed by atoms with E-state index >= 15 is 0 Å². The highest BCUT2D eigenvalue weighted by Gasteiger charge is 2.50. The monoisotopic (exact) mass is 320 g/mol. The van der Waals surface area contributed by atoms with Gasteiger partial charge in [0.15, 0.2) is 5.82 Å². The molecule has 7 heteroatoms. The first-order valence-electron chi connectivity index (χ1n) is 8.12. The Hall–Kier alpha value is -1.57. The quantitative estimate of drug-likeness (QED) is 0.823. The third kappa shape index (κ3) is 3.36. The third-order valence-corrected chi connectivity index (χ3v) is 4.96. The Kier molecular flexibility index (Phi) is 4.89. The van der Waals surface area contributed by atoms with E-state index in [2.05, 4.69) is 20.2 Å². The van der Waals surface area contributed by atoms with E-state index in [1.165, 1.54) is 0 Å². The number of rotatable bonds is 5. The molecule has 0 aromatic carbocycles. The van der Waals surface area contributed by atoms with Crippen LogP contribution in [0.2, 0.25) is 0 Å². The Morgan fingerprint density at radius 3 is 3.00 bits per heavy atom. The molecular weight excluding hydrogens is 296 g/mol. The average molecular weight is 320 g/mol. The van der Waals surface area contributed by atoms with Crippen LogP contribution in [0.3, 0.4) is 0 Å². The van der Waals surface area contributed by atoms with Crippen molar-refractivity contribution < 1.29 is 14.6 Å². The predicted octanol–water partition coefficient (Wildman–Crippen LogP) is 0.652. The van der Waals surface area contributed by atoms with Gasteiger partial charge in [0.2, 0.25) is 0 Å². The summed E-state index contributed by atoms with van der Waals surface area (Å²) < 4.78 is 5.01. The lowest BCUT2D eigenvalue weighted by atomic mass is 9.70. The van der Waals surface area contributed by atoms with E-state index in [4.69, 9.17) is 4.74 Å². The molecule has 7 nitrogen and oxygen atoms in total. The summed E-state index contributed by atoms with van der Waals surface area (Å²) >= 11 is 0. The molecule has 0 bridgehead atoms. The van der Waals surface area contributed by atoms with Crippen LogP contribution in [-0.4, -0.2) is 58.7 Å². The minimum Gasteiger partial charge on any atom is -0.481 e. The number of ether oxygens (including phenoxy) is 1. The van der Waals surface area contributed by atoms with E-state index in [1.807, 2.05) is 0 Å². The fourth-order valence-electron chi connectivity index (χ4n) is 3.79. The van der Waals surface area contributed by atoms with E-state index in [-0.39, 0.29) is 6.04 Å². The number of nitrogens with zero attached hydrogens (tertiary/aromatic N) is 3. The average Bonchev–Trinajstić information content (AvgIpc) is 2.56. The molecule has 2 fully saturated rings. The standard InChI is InChI=1S/C16H24N4O3/c1-23-10-14-18-7-12(8-19-14)9-20-6-3-13-16(11-20,15(21)22)4-2-5-17-13/h7-8,13,17H,2-6,9-11H2,1H3,(H,21,22)/t13-,16+/m0/s1. The third-order valence-electron chi connectivity index (χ3n) is 4.96. The SMILES string of the molecule is COCc1ncc(CN2CC[C@@H]3NCCC[C@@]3(C(=O)O)C2)cn1. The highest BCUT2D eigenvalue weighted by atomic mass is 16.5. The van der Waals surface area contributed by atoms with Crippen LogP contribution in [0, 0.1) is 5.41 Å². The van der Waals surface area contributed by atoms with Crippen molar-refractivity contribution >= 4 is 5.97 Å². The molecule has 2 saturated heterocycles. The van der Waals surface area contributed by atoms with Crippen molar-refractivity contribution in [3.05, 3.63) is 23.8 Å². The number of methoxy groups -OCH3 is 1. The van der Waals surface area contributed by atoms with E-state index in [9.17, 15) is 9.90 Å². The van der Waals surface area contributed by atoms with Gasteiger partial charge in [-0.05, 0) is 25.8 Å². The lowest BCUT2D eigenvalue weighted by Crippen LogP contribution is -2.62. The lowest BCUT2D eigenvalue weighted by Gasteiger charge is -2.48. The maximum Gasteiger partial charge on any atom is 0.312 e. The van der Waals surface area contributed by atoms with Gasteiger partial charge in [0.25, 0.3) is 0 Å². The number of likely N-dealkylation sites (tertiary alicyclic amines) is 1. The van der Waals surface area contributed by atoms with Gasteiger partial charge in [0, 0.05) is 50.7 Å². The highest BCUT2D eigenvalue weighted by Crippen LogP contribution is 2.38.